The van der Waals surface area contributed by atoms with Crippen molar-refractivity contribution in [2.75, 3.05) is 39.3 Å². The molecule has 4 nitrogen and oxygen atoms in total. The zero-order valence-electron chi connectivity index (χ0n) is 13.2. The summed E-state index contributed by atoms with van der Waals surface area (Å²) in [6.45, 7) is 7.50. The minimum absolute atomic E-state index is 0.276. The van der Waals surface area contributed by atoms with Crippen molar-refractivity contribution in [2.45, 2.75) is 25.8 Å². The first-order valence-electron chi connectivity index (χ1n) is 7.86. The van der Waals surface area contributed by atoms with E-state index in [0.717, 1.165) is 39.1 Å². The SMILES string of the molecule is CCCN1CCN(C[C@@H](O)c2ccc(OC(F)(F)F)cc2)CC1. The molecule has 0 amide bonds. The summed E-state index contributed by atoms with van der Waals surface area (Å²) in [5, 5.41) is 10.2. The second-order valence-corrected chi connectivity index (χ2v) is 5.77. The van der Waals surface area contributed by atoms with Gasteiger partial charge in [0.05, 0.1) is 6.10 Å². The number of nitrogens with zero attached hydrogens (tertiary/aromatic N) is 2. The monoisotopic (exact) mass is 332 g/mol. The van der Waals surface area contributed by atoms with E-state index < -0.39 is 12.5 Å². The molecule has 130 valence electrons. The van der Waals surface area contributed by atoms with E-state index in [1.54, 1.807) is 0 Å². The van der Waals surface area contributed by atoms with Crippen LogP contribution in [-0.2, 0) is 0 Å². The third-order valence-electron chi connectivity index (χ3n) is 3.93. The largest absolute Gasteiger partial charge is 0.573 e. The van der Waals surface area contributed by atoms with Crippen LogP contribution in [0.3, 0.4) is 0 Å². The highest BCUT2D eigenvalue weighted by Crippen LogP contribution is 2.24. The summed E-state index contributed by atoms with van der Waals surface area (Å²) in [6.07, 6.45) is -4.28. The highest BCUT2D eigenvalue weighted by atomic mass is 19.4. The van der Waals surface area contributed by atoms with Gasteiger partial charge in [-0.3, -0.25) is 4.90 Å². The van der Waals surface area contributed by atoms with Crippen molar-refractivity contribution in [1.82, 2.24) is 9.80 Å². The van der Waals surface area contributed by atoms with Crippen LogP contribution in [0.25, 0.3) is 0 Å². The van der Waals surface area contributed by atoms with E-state index in [9.17, 15) is 18.3 Å². The number of aliphatic hydroxyl groups excluding tert-OH is 1. The molecule has 1 aliphatic heterocycles. The summed E-state index contributed by atoms with van der Waals surface area (Å²) in [5.74, 6) is -0.276. The Morgan fingerprint density at radius 1 is 1.09 bits per heavy atom. The molecule has 0 aromatic heterocycles. The summed E-state index contributed by atoms with van der Waals surface area (Å²) in [5.41, 5.74) is 0.593. The summed E-state index contributed by atoms with van der Waals surface area (Å²) in [7, 11) is 0. The first-order chi connectivity index (χ1) is 10.9. The molecule has 0 radical (unpaired) electrons. The van der Waals surface area contributed by atoms with E-state index in [2.05, 4.69) is 21.5 Å². The molecule has 1 atom stereocenters. The van der Waals surface area contributed by atoms with Crippen LogP contribution in [0.1, 0.15) is 25.0 Å². The molecule has 0 bridgehead atoms. The molecular formula is C16H23F3N2O2. The zero-order valence-corrected chi connectivity index (χ0v) is 13.2. The average molecular weight is 332 g/mol. The Labute approximate surface area is 134 Å². The summed E-state index contributed by atoms with van der Waals surface area (Å²) in [4.78, 5) is 4.57. The van der Waals surface area contributed by atoms with E-state index in [4.69, 9.17) is 0 Å². The third kappa shape index (κ3) is 6.01. The quantitative estimate of drug-likeness (QED) is 0.869. The number of hydrogen-bond donors (Lipinski definition) is 1. The van der Waals surface area contributed by atoms with Gasteiger partial charge in [-0.15, -0.1) is 13.2 Å². The molecule has 0 saturated carbocycles. The molecular weight excluding hydrogens is 309 g/mol. The Morgan fingerprint density at radius 2 is 1.65 bits per heavy atom. The van der Waals surface area contributed by atoms with Crippen LogP contribution < -0.4 is 4.74 Å². The van der Waals surface area contributed by atoms with E-state index in [-0.39, 0.29) is 5.75 Å². The molecule has 1 fully saturated rings. The van der Waals surface area contributed by atoms with E-state index >= 15 is 0 Å². The van der Waals surface area contributed by atoms with Gasteiger partial charge in [0.2, 0.25) is 0 Å². The lowest BCUT2D eigenvalue weighted by molar-refractivity contribution is -0.274. The van der Waals surface area contributed by atoms with Crippen LogP contribution in [0.4, 0.5) is 13.2 Å². The lowest BCUT2D eigenvalue weighted by Gasteiger charge is -2.35. The standard InChI is InChI=1S/C16H23F3N2O2/c1-2-7-20-8-10-21(11-9-20)12-15(22)13-3-5-14(6-4-13)23-16(17,18)19/h3-6,15,22H,2,7-12H2,1H3/t15-/m1/s1. The predicted octanol–water partition coefficient (Wildman–Crippen LogP) is 2.65. The second kappa shape index (κ2) is 7.99. The van der Waals surface area contributed by atoms with Crippen molar-refractivity contribution >= 4 is 0 Å². The molecule has 1 aromatic carbocycles. The molecule has 1 heterocycles. The molecule has 1 N–H and O–H groups in total. The number of ether oxygens (including phenoxy) is 1. The Bertz CT molecular complexity index is 471. The fraction of sp³-hybridized carbons (Fsp3) is 0.625. The molecule has 7 heteroatoms. The van der Waals surface area contributed by atoms with Gasteiger partial charge in [0.1, 0.15) is 5.75 Å². The van der Waals surface area contributed by atoms with Gasteiger partial charge in [-0.05, 0) is 30.7 Å². The fourth-order valence-electron chi connectivity index (χ4n) is 2.75. The normalized spacial score (nSPS) is 18.8. The summed E-state index contributed by atoms with van der Waals surface area (Å²) in [6, 6.07) is 5.40. The third-order valence-corrected chi connectivity index (χ3v) is 3.93. The van der Waals surface area contributed by atoms with Gasteiger partial charge >= 0.3 is 6.36 Å². The topological polar surface area (TPSA) is 35.9 Å². The number of rotatable bonds is 6. The smallest absolute Gasteiger partial charge is 0.406 e. The molecule has 1 aliphatic rings. The zero-order chi connectivity index (χ0) is 16.9. The van der Waals surface area contributed by atoms with Crippen LogP contribution in [0.2, 0.25) is 0 Å². The second-order valence-electron chi connectivity index (χ2n) is 5.77. The molecule has 0 unspecified atom stereocenters. The van der Waals surface area contributed by atoms with Crippen molar-refractivity contribution in [2.24, 2.45) is 0 Å². The maximum absolute atomic E-state index is 12.1. The summed E-state index contributed by atoms with van der Waals surface area (Å²) >= 11 is 0. The van der Waals surface area contributed by atoms with Gasteiger partial charge < -0.3 is 14.7 Å². The lowest BCUT2D eigenvalue weighted by Crippen LogP contribution is -2.47. The number of β-amino-alcohol motifs (C(OH)–C–C–N with tert-alkyl or cyclic N) is 1. The Kier molecular flexibility index (Phi) is 6.26. The Hall–Kier alpha value is -1.31. The predicted molar refractivity (Wildman–Crippen MR) is 81.3 cm³/mol. The molecule has 0 aliphatic carbocycles. The van der Waals surface area contributed by atoms with Gasteiger partial charge in [0, 0.05) is 32.7 Å². The van der Waals surface area contributed by atoms with Crippen LogP contribution in [0, 0.1) is 0 Å². The highest BCUT2D eigenvalue weighted by molar-refractivity contribution is 5.28. The minimum Gasteiger partial charge on any atom is -0.406 e. The van der Waals surface area contributed by atoms with Gasteiger partial charge in [-0.2, -0.15) is 0 Å². The molecule has 1 aromatic rings. The number of hydrogen-bond acceptors (Lipinski definition) is 4. The number of benzene rings is 1. The number of halogens is 3. The van der Waals surface area contributed by atoms with Gasteiger partial charge in [0.15, 0.2) is 0 Å². The maximum atomic E-state index is 12.1. The van der Waals surface area contributed by atoms with Crippen molar-refractivity contribution in [3.8, 4) is 5.75 Å². The van der Waals surface area contributed by atoms with E-state index in [0.29, 0.717) is 12.1 Å². The first-order valence-corrected chi connectivity index (χ1v) is 7.86. The van der Waals surface area contributed by atoms with Crippen LogP contribution in [0.5, 0.6) is 5.75 Å². The van der Waals surface area contributed by atoms with Crippen LogP contribution >= 0.6 is 0 Å². The number of piperazine rings is 1. The number of alkyl halides is 3. The molecule has 1 saturated heterocycles. The first kappa shape index (κ1) is 18.0. The Morgan fingerprint density at radius 3 is 2.17 bits per heavy atom. The number of aliphatic hydroxyl groups is 1. The van der Waals surface area contributed by atoms with Crippen molar-refractivity contribution < 1.29 is 23.0 Å². The van der Waals surface area contributed by atoms with Crippen LogP contribution in [0.15, 0.2) is 24.3 Å². The van der Waals surface area contributed by atoms with E-state index in [1.807, 2.05) is 0 Å². The molecule has 0 spiro atoms. The maximum Gasteiger partial charge on any atom is 0.573 e. The molecule has 2 rings (SSSR count). The van der Waals surface area contributed by atoms with E-state index in [1.165, 1.54) is 24.3 Å². The van der Waals surface area contributed by atoms with Crippen LogP contribution in [-0.4, -0.2) is 60.5 Å². The van der Waals surface area contributed by atoms with Gasteiger partial charge in [-0.1, -0.05) is 19.1 Å². The average Bonchev–Trinajstić information content (AvgIpc) is 2.48. The van der Waals surface area contributed by atoms with Gasteiger partial charge in [-0.25, -0.2) is 0 Å². The molecule has 23 heavy (non-hydrogen) atoms. The fourth-order valence-corrected chi connectivity index (χ4v) is 2.75. The summed E-state index contributed by atoms with van der Waals surface area (Å²) < 4.78 is 40.2. The Balaban J connectivity index is 1.83. The van der Waals surface area contributed by atoms with Crippen molar-refractivity contribution in [3.05, 3.63) is 29.8 Å². The van der Waals surface area contributed by atoms with Crippen molar-refractivity contribution in [3.63, 3.8) is 0 Å². The minimum atomic E-state index is -4.70. The van der Waals surface area contributed by atoms with Gasteiger partial charge in [0.25, 0.3) is 0 Å². The highest BCUT2D eigenvalue weighted by Gasteiger charge is 2.31. The lowest BCUT2D eigenvalue weighted by atomic mass is 10.1. The van der Waals surface area contributed by atoms with Crippen molar-refractivity contribution in [1.29, 1.82) is 0 Å².